The third-order valence-electron chi connectivity index (χ3n) is 2.53. The number of aliphatic hydroxyl groups excluding tert-OH is 1. The van der Waals surface area contributed by atoms with E-state index in [-0.39, 0.29) is 6.54 Å². The standard InChI is InChI=1S/C11H12N6O3/c12-10(19)9(18)5-13-11(20)7-1-3-8(4-2-7)17-6-14-15-16-17/h1-4,6,9,18H,5H2,(H2,12,19)(H,13,20). The monoisotopic (exact) mass is 276 g/mol. The van der Waals surface area contributed by atoms with Gasteiger partial charge in [0.2, 0.25) is 5.91 Å². The van der Waals surface area contributed by atoms with Crippen LogP contribution >= 0.6 is 0 Å². The van der Waals surface area contributed by atoms with Gasteiger partial charge in [-0.25, -0.2) is 4.68 Å². The molecule has 1 atom stereocenters. The van der Waals surface area contributed by atoms with Gasteiger partial charge in [-0.2, -0.15) is 0 Å². The molecule has 0 fully saturated rings. The maximum Gasteiger partial charge on any atom is 0.251 e. The van der Waals surface area contributed by atoms with Crippen molar-refractivity contribution in [1.29, 1.82) is 0 Å². The van der Waals surface area contributed by atoms with E-state index < -0.39 is 17.9 Å². The number of aromatic nitrogens is 4. The van der Waals surface area contributed by atoms with Crippen LogP contribution in [0, 0.1) is 0 Å². The summed E-state index contributed by atoms with van der Waals surface area (Å²) in [6, 6.07) is 6.47. The number of primary amides is 1. The molecule has 4 N–H and O–H groups in total. The zero-order valence-electron chi connectivity index (χ0n) is 10.3. The summed E-state index contributed by atoms with van der Waals surface area (Å²) in [5.41, 5.74) is 5.94. The van der Waals surface area contributed by atoms with Crippen LogP contribution in [0.5, 0.6) is 0 Å². The number of amides is 2. The van der Waals surface area contributed by atoms with Crippen molar-refractivity contribution in [3.05, 3.63) is 36.2 Å². The topological polar surface area (TPSA) is 136 Å². The van der Waals surface area contributed by atoms with E-state index in [1.54, 1.807) is 24.3 Å². The molecular weight excluding hydrogens is 264 g/mol. The Balaban J connectivity index is 1.99. The van der Waals surface area contributed by atoms with Crippen molar-refractivity contribution in [2.24, 2.45) is 5.73 Å². The number of aliphatic hydroxyl groups is 1. The Labute approximate surface area is 113 Å². The first-order chi connectivity index (χ1) is 9.58. The summed E-state index contributed by atoms with van der Waals surface area (Å²) in [7, 11) is 0. The van der Waals surface area contributed by atoms with Gasteiger partial charge in [-0.3, -0.25) is 9.59 Å². The summed E-state index contributed by atoms with van der Waals surface area (Å²) >= 11 is 0. The fraction of sp³-hybridized carbons (Fsp3) is 0.182. The lowest BCUT2D eigenvalue weighted by Crippen LogP contribution is -2.39. The van der Waals surface area contributed by atoms with E-state index >= 15 is 0 Å². The minimum Gasteiger partial charge on any atom is -0.381 e. The van der Waals surface area contributed by atoms with Crippen molar-refractivity contribution in [3.63, 3.8) is 0 Å². The van der Waals surface area contributed by atoms with E-state index in [1.165, 1.54) is 11.0 Å². The second kappa shape index (κ2) is 5.89. The highest BCUT2D eigenvalue weighted by Gasteiger charge is 2.13. The molecule has 2 rings (SSSR count). The van der Waals surface area contributed by atoms with Gasteiger partial charge < -0.3 is 16.2 Å². The number of nitrogens with two attached hydrogens (primary N) is 1. The molecule has 1 aromatic heterocycles. The molecule has 0 aliphatic carbocycles. The summed E-state index contributed by atoms with van der Waals surface area (Å²) in [5, 5.41) is 22.3. The third kappa shape index (κ3) is 3.14. The normalized spacial score (nSPS) is 11.8. The predicted octanol–water partition coefficient (Wildman–Crippen LogP) is -1.76. The summed E-state index contributed by atoms with van der Waals surface area (Å²) in [6.07, 6.45) is 0.0256. The van der Waals surface area contributed by atoms with E-state index in [2.05, 4.69) is 20.8 Å². The first kappa shape index (κ1) is 13.6. The predicted molar refractivity (Wildman–Crippen MR) is 66.7 cm³/mol. The van der Waals surface area contributed by atoms with Crippen LogP contribution in [0.4, 0.5) is 0 Å². The van der Waals surface area contributed by atoms with Crippen LogP contribution < -0.4 is 11.1 Å². The lowest BCUT2D eigenvalue weighted by Gasteiger charge is -2.08. The summed E-state index contributed by atoms with van der Waals surface area (Å²) in [6.45, 7) is -0.233. The maximum absolute atomic E-state index is 11.7. The first-order valence-electron chi connectivity index (χ1n) is 5.67. The molecule has 20 heavy (non-hydrogen) atoms. The number of benzene rings is 1. The molecule has 2 amide bonds. The molecule has 1 heterocycles. The second-order valence-corrected chi connectivity index (χ2v) is 3.93. The zero-order valence-corrected chi connectivity index (χ0v) is 10.3. The molecule has 0 saturated heterocycles. The molecule has 0 radical (unpaired) electrons. The van der Waals surface area contributed by atoms with Crippen LogP contribution in [0.1, 0.15) is 10.4 Å². The Morgan fingerprint density at radius 2 is 2.05 bits per heavy atom. The van der Waals surface area contributed by atoms with Gasteiger partial charge >= 0.3 is 0 Å². The Kier molecular flexibility index (Phi) is 4.01. The number of carbonyl (C=O) groups is 2. The average molecular weight is 276 g/mol. The van der Waals surface area contributed by atoms with Crippen LogP contribution in [0.2, 0.25) is 0 Å². The van der Waals surface area contributed by atoms with Crippen LogP contribution in [-0.4, -0.2) is 49.8 Å². The Morgan fingerprint density at radius 1 is 1.35 bits per heavy atom. The van der Waals surface area contributed by atoms with Crippen LogP contribution in [0.25, 0.3) is 5.69 Å². The molecular formula is C11H12N6O3. The lowest BCUT2D eigenvalue weighted by atomic mass is 10.2. The Hall–Kier alpha value is -2.81. The van der Waals surface area contributed by atoms with Crippen molar-refractivity contribution < 1.29 is 14.7 Å². The Bertz CT molecular complexity index is 595. The lowest BCUT2D eigenvalue weighted by molar-refractivity contribution is -0.125. The molecule has 0 saturated carbocycles. The van der Waals surface area contributed by atoms with Gasteiger partial charge in [-0.15, -0.1) is 5.10 Å². The molecule has 0 aliphatic rings. The summed E-state index contributed by atoms with van der Waals surface area (Å²) in [5.74, 6) is -1.31. The fourth-order valence-corrected chi connectivity index (χ4v) is 1.44. The van der Waals surface area contributed by atoms with Gasteiger partial charge in [-0.05, 0) is 34.7 Å². The molecule has 1 unspecified atom stereocenters. The van der Waals surface area contributed by atoms with Gasteiger partial charge in [-0.1, -0.05) is 0 Å². The average Bonchev–Trinajstić information content (AvgIpc) is 2.98. The van der Waals surface area contributed by atoms with Crippen molar-refractivity contribution in [2.45, 2.75) is 6.10 Å². The maximum atomic E-state index is 11.7. The number of hydrogen-bond donors (Lipinski definition) is 3. The summed E-state index contributed by atoms with van der Waals surface area (Å²) < 4.78 is 1.44. The molecule has 9 heteroatoms. The van der Waals surface area contributed by atoms with Crippen molar-refractivity contribution in [3.8, 4) is 5.69 Å². The van der Waals surface area contributed by atoms with Gasteiger partial charge in [0.25, 0.3) is 5.91 Å². The smallest absolute Gasteiger partial charge is 0.251 e. The molecule has 9 nitrogen and oxygen atoms in total. The fourth-order valence-electron chi connectivity index (χ4n) is 1.44. The molecule has 0 aliphatic heterocycles. The molecule has 104 valence electrons. The first-order valence-corrected chi connectivity index (χ1v) is 5.67. The van der Waals surface area contributed by atoms with Crippen LogP contribution in [-0.2, 0) is 4.79 Å². The molecule has 0 spiro atoms. The van der Waals surface area contributed by atoms with Gasteiger partial charge in [0.15, 0.2) is 0 Å². The number of nitrogens with one attached hydrogen (secondary N) is 1. The van der Waals surface area contributed by atoms with E-state index in [9.17, 15) is 14.7 Å². The minimum atomic E-state index is -1.40. The highest BCUT2D eigenvalue weighted by atomic mass is 16.3. The van der Waals surface area contributed by atoms with Gasteiger partial charge in [0.1, 0.15) is 12.4 Å². The molecule has 1 aromatic carbocycles. The highest BCUT2D eigenvalue weighted by Crippen LogP contribution is 2.07. The van der Waals surface area contributed by atoms with Crippen molar-refractivity contribution in [1.82, 2.24) is 25.5 Å². The molecule has 0 bridgehead atoms. The quantitative estimate of drug-likeness (QED) is 0.591. The largest absolute Gasteiger partial charge is 0.381 e. The Morgan fingerprint density at radius 3 is 2.60 bits per heavy atom. The van der Waals surface area contributed by atoms with Crippen molar-refractivity contribution >= 4 is 11.8 Å². The van der Waals surface area contributed by atoms with Crippen LogP contribution in [0.15, 0.2) is 30.6 Å². The van der Waals surface area contributed by atoms with Crippen LogP contribution in [0.3, 0.4) is 0 Å². The third-order valence-corrected chi connectivity index (χ3v) is 2.53. The molecule has 2 aromatic rings. The number of carbonyl (C=O) groups excluding carboxylic acids is 2. The van der Waals surface area contributed by atoms with Gasteiger partial charge in [0.05, 0.1) is 12.2 Å². The van der Waals surface area contributed by atoms with E-state index in [0.29, 0.717) is 11.3 Å². The summed E-state index contributed by atoms with van der Waals surface area (Å²) in [4.78, 5) is 22.4. The van der Waals surface area contributed by atoms with E-state index in [1.807, 2.05) is 0 Å². The SMILES string of the molecule is NC(=O)C(O)CNC(=O)c1ccc(-n2cnnn2)cc1. The minimum absolute atomic E-state index is 0.233. The zero-order chi connectivity index (χ0) is 14.5. The number of hydrogen-bond acceptors (Lipinski definition) is 6. The van der Waals surface area contributed by atoms with Gasteiger partial charge in [0, 0.05) is 5.56 Å². The van der Waals surface area contributed by atoms with E-state index in [4.69, 9.17) is 5.73 Å². The number of rotatable bonds is 5. The number of nitrogens with zero attached hydrogens (tertiary/aromatic N) is 4. The number of tetrazole rings is 1. The second-order valence-electron chi connectivity index (χ2n) is 3.93. The van der Waals surface area contributed by atoms with Crippen molar-refractivity contribution in [2.75, 3.05) is 6.54 Å². The highest BCUT2D eigenvalue weighted by molar-refractivity contribution is 5.94. The van der Waals surface area contributed by atoms with E-state index in [0.717, 1.165) is 0 Å².